The number of carbonyl (C=O) groups is 1. The average molecular weight is 249 g/mol. The van der Waals surface area contributed by atoms with E-state index in [1.165, 1.54) is 0 Å². The highest BCUT2D eigenvalue weighted by Gasteiger charge is 2.22. The Balaban J connectivity index is 2.59. The number of carbonyl (C=O) groups excluding carboxylic acids is 1. The Morgan fingerprint density at radius 2 is 1.94 bits per heavy atom. The van der Waals surface area contributed by atoms with Crippen LogP contribution in [-0.4, -0.2) is 12.6 Å². The molecule has 0 aliphatic carbocycles. The molecule has 0 aromatic heterocycles. The van der Waals surface area contributed by atoms with E-state index in [1.54, 1.807) is 24.3 Å². The minimum Gasteiger partial charge on any atom is -0.461 e. The Bertz CT molecular complexity index is 411. The van der Waals surface area contributed by atoms with Gasteiger partial charge in [0.1, 0.15) is 0 Å². The van der Waals surface area contributed by atoms with E-state index in [2.05, 4.69) is 27.7 Å². The molecule has 0 aliphatic rings. The van der Waals surface area contributed by atoms with Crippen molar-refractivity contribution in [2.24, 2.45) is 11.3 Å². The minimum absolute atomic E-state index is 0.00658. The lowest BCUT2D eigenvalue weighted by atomic mass is 9.85. The van der Waals surface area contributed by atoms with E-state index in [0.717, 1.165) is 6.42 Å². The van der Waals surface area contributed by atoms with E-state index < -0.39 is 0 Å². The molecule has 0 fully saturated rings. The summed E-state index contributed by atoms with van der Waals surface area (Å²) >= 11 is 0. The van der Waals surface area contributed by atoms with Crippen LogP contribution in [0.2, 0.25) is 0 Å². The van der Waals surface area contributed by atoms with Crippen molar-refractivity contribution < 1.29 is 9.53 Å². The molecule has 0 unspecified atom stereocenters. The van der Waals surface area contributed by atoms with E-state index in [9.17, 15) is 4.79 Å². The van der Waals surface area contributed by atoms with Gasteiger partial charge in [0.25, 0.3) is 0 Å². The Labute approximate surface area is 109 Å². The largest absolute Gasteiger partial charge is 0.461 e. The molecule has 1 aromatic carbocycles. The number of hydrogen-bond donors (Lipinski definition) is 1. The van der Waals surface area contributed by atoms with Crippen LogP contribution in [0.1, 0.15) is 44.5 Å². The number of anilines is 1. The Morgan fingerprint density at radius 3 is 2.50 bits per heavy atom. The minimum atomic E-state index is -0.343. The van der Waals surface area contributed by atoms with Crippen molar-refractivity contribution in [1.29, 1.82) is 0 Å². The van der Waals surface area contributed by atoms with Gasteiger partial charge in [-0.25, -0.2) is 4.79 Å². The maximum absolute atomic E-state index is 11.9. The summed E-state index contributed by atoms with van der Waals surface area (Å²) in [5, 5.41) is 0. The van der Waals surface area contributed by atoms with Crippen LogP contribution in [0.25, 0.3) is 0 Å². The number of para-hydroxylation sites is 1. The van der Waals surface area contributed by atoms with Gasteiger partial charge in [0.2, 0.25) is 0 Å². The highest BCUT2D eigenvalue weighted by Crippen LogP contribution is 2.26. The van der Waals surface area contributed by atoms with E-state index in [-0.39, 0.29) is 11.4 Å². The molecular formula is C15H23NO2. The van der Waals surface area contributed by atoms with Gasteiger partial charge in [-0.3, -0.25) is 0 Å². The molecule has 1 rings (SSSR count). The Kier molecular flexibility index (Phi) is 4.76. The Morgan fingerprint density at radius 1 is 1.33 bits per heavy atom. The molecule has 1 aromatic rings. The molecule has 100 valence electrons. The van der Waals surface area contributed by atoms with E-state index in [1.807, 2.05) is 0 Å². The van der Waals surface area contributed by atoms with Crippen molar-refractivity contribution in [2.45, 2.75) is 34.1 Å². The number of benzene rings is 1. The van der Waals surface area contributed by atoms with Gasteiger partial charge in [0.05, 0.1) is 12.2 Å². The normalized spacial score (nSPS) is 11.6. The fourth-order valence-corrected chi connectivity index (χ4v) is 2.19. The predicted molar refractivity (Wildman–Crippen MR) is 74.4 cm³/mol. The van der Waals surface area contributed by atoms with E-state index in [0.29, 0.717) is 23.8 Å². The molecule has 0 saturated heterocycles. The van der Waals surface area contributed by atoms with Crippen molar-refractivity contribution >= 4 is 11.7 Å². The zero-order valence-corrected chi connectivity index (χ0v) is 11.7. The summed E-state index contributed by atoms with van der Waals surface area (Å²) in [7, 11) is 0. The number of esters is 1. The van der Waals surface area contributed by atoms with Gasteiger partial charge >= 0.3 is 5.97 Å². The lowest BCUT2D eigenvalue weighted by Crippen LogP contribution is -2.24. The summed E-state index contributed by atoms with van der Waals surface area (Å²) in [6.07, 6.45) is 1.02. The zero-order chi connectivity index (χ0) is 13.8. The lowest BCUT2D eigenvalue weighted by Gasteiger charge is -2.26. The van der Waals surface area contributed by atoms with Crippen LogP contribution in [0.4, 0.5) is 5.69 Å². The highest BCUT2D eigenvalue weighted by molar-refractivity contribution is 5.94. The first-order valence-electron chi connectivity index (χ1n) is 6.33. The van der Waals surface area contributed by atoms with Gasteiger partial charge in [-0.05, 0) is 29.9 Å². The molecule has 0 atom stereocenters. The highest BCUT2D eigenvalue weighted by atomic mass is 16.5. The zero-order valence-electron chi connectivity index (χ0n) is 11.7. The molecule has 3 nitrogen and oxygen atoms in total. The third-order valence-electron chi connectivity index (χ3n) is 2.74. The topological polar surface area (TPSA) is 52.3 Å². The van der Waals surface area contributed by atoms with Crippen molar-refractivity contribution in [3.8, 4) is 0 Å². The average Bonchev–Trinajstić information content (AvgIpc) is 2.25. The van der Waals surface area contributed by atoms with E-state index >= 15 is 0 Å². The van der Waals surface area contributed by atoms with Crippen molar-refractivity contribution in [2.75, 3.05) is 12.3 Å². The quantitative estimate of drug-likeness (QED) is 0.642. The smallest absolute Gasteiger partial charge is 0.340 e. The molecule has 0 saturated carbocycles. The standard InChI is InChI=1S/C15H23NO2/c1-11(2)9-15(3,4)10-18-14(17)12-7-5-6-8-13(12)16/h5-8,11H,9-10,16H2,1-4H3. The van der Waals surface area contributed by atoms with Gasteiger partial charge in [-0.15, -0.1) is 0 Å². The second-order valence-corrected chi connectivity index (χ2v) is 5.93. The number of nitrogens with two attached hydrogens (primary N) is 1. The van der Waals surface area contributed by atoms with Crippen LogP contribution in [-0.2, 0) is 4.74 Å². The molecule has 0 spiro atoms. The second-order valence-electron chi connectivity index (χ2n) is 5.93. The molecule has 3 heteroatoms. The molecule has 0 radical (unpaired) electrons. The van der Waals surface area contributed by atoms with Crippen LogP contribution in [0.3, 0.4) is 0 Å². The maximum Gasteiger partial charge on any atom is 0.340 e. The summed E-state index contributed by atoms with van der Waals surface area (Å²) in [5.74, 6) is 0.241. The number of ether oxygens (including phenoxy) is 1. The van der Waals surface area contributed by atoms with Crippen LogP contribution < -0.4 is 5.73 Å². The van der Waals surface area contributed by atoms with Crippen molar-refractivity contribution in [3.05, 3.63) is 29.8 Å². The van der Waals surface area contributed by atoms with Crippen LogP contribution in [0.15, 0.2) is 24.3 Å². The summed E-state index contributed by atoms with van der Waals surface area (Å²) in [5.41, 5.74) is 6.64. The maximum atomic E-state index is 11.9. The van der Waals surface area contributed by atoms with Crippen LogP contribution in [0.5, 0.6) is 0 Å². The Hall–Kier alpha value is -1.51. The fraction of sp³-hybridized carbons (Fsp3) is 0.533. The SMILES string of the molecule is CC(C)CC(C)(C)COC(=O)c1ccccc1N. The molecule has 18 heavy (non-hydrogen) atoms. The first-order chi connectivity index (χ1) is 8.32. The molecule has 0 bridgehead atoms. The monoisotopic (exact) mass is 249 g/mol. The number of rotatable bonds is 5. The molecule has 2 N–H and O–H groups in total. The summed E-state index contributed by atoms with van der Waals surface area (Å²) in [6.45, 7) is 8.96. The summed E-state index contributed by atoms with van der Waals surface area (Å²) in [4.78, 5) is 11.9. The summed E-state index contributed by atoms with van der Waals surface area (Å²) < 4.78 is 5.36. The van der Waals surface area contributed by atoms with Crippen LogP contribution >= 0.6 is 0 Å². The third kappa shape index (κ3) is 4.40. The molecule has 0 amide bonds. The van der Waals surface area contributed by atoms with Gasteiger partial charge < -0.3 is 10.5 Å². The second kappa shape index (κ2) is 5.89. The number of nitrogen functional groups attached to an aromatic ring is 1. The van der Waals surface area contributed by atoms with Crippen molar-refractivity contribution in [3.63, 3.8) is 0 Å². The van der Waals surface area contributed by atoms with Gasteiger partial charge in [0.15, 0.2) is 0 Å². The fourth-order valence-electron chi connectivity index (χ4n) is 2.19. The first kappa shape index (κ1) is 14.6. The molecule has 0 aliphatic heterocycles. The van der Waals surface area contributed by atoms with Gasteiger partial charge in [-0.1, -0.05) is 39.8 Å². The van der Waals surface area contributed by atoms with E-state index in [4.69, 9.17) is 10.5 Å². The van der Waals surface area contributed by atoms with Gasteiger partial charge in [-0.2, -0.15) is 0 Å². The van der Waals surface area contributed by atoms with Crippen LogP contribution in [0, 0.1) is 11.3 Å². The lowest BCUT2D eigenvalue weighted by molar-refractivity contribution is 0.0307. The molecule has 0 heterocycles. The first-order valence-corrected chi connectivity index (χ1v) is 6.33. The van der Waals surface area contributed by atoms with Crippen molar-refractivity contribution in [1.82, 2.24) is 0 Å². The molecular weight excluding hydrogens is 226 g/mol. The predicted octanol–water partition coefficient (Wildman–Crippen LogP) is 3.50. The third-order valence-corrected chi connectivity index (χ3v) is 2.74. The summed E-state index contributed by atoms with van der Waals surface area (Å²) in [6, 6.07) is 6.98. The number of hydrogen-bond acceptors (Lipinski definition) is 3. The van der Waals surface area contributed by atoms with Gasteiger partial charge in [0, 0.05) is 5.69 Å².